The van der Waals surface area contributed by atoms with E-state index in [1.54, 1.807) is 69.5 Å². The summed E-state index contributed by atoms with van der Waals surface area (Å²) < 4.78 is 31.7. The summed E-state index contributed by atoms with van der Waals surface area (Å²) in [5.41, 5.74) is 1.13. The van der Waals surface area contributed by atoms with Crippen molar-refractivity contribution in [1.29, 1.82) is 0 Å². The van der Waals surface area contributed by atoms with Gasteiger partial charge in [-0.05, 0) is 24.3 Å². The van der Waals surface area contributed by atoms with E-state index in [4.69, 9.17) is 0 Å². The lowest BCUT2D eigenvalue weighted by Crippen LogP contribution is -2.31. The van der Waals surface area contributed by atoms with Crippen LogP contribution in [0.25, 0.3) is 33.2 Å². The first-order chi connectivity index (χ1) is 16.6. The van der Waals surface area contributed by atoms with Gasteiger partial charge in [-0.1, -0.05) is 18.2 Å². The maximum atomic E-state index is 13.8. The van der Waals surface area contributed by atoms with E-state index >= 15 is 0 Å². The Morgan fingerprint density at radius 2 is 1.71 bits per heavy atom. The molecule has 0 spiro atoms. The molecule has 5 rings (SSSR count). The summed E-state index contributed by atoms with van der Waals surface area (Å²) in [6.45, 7) is 0. The highest BCUT2D eigenvalue weighted by molar-refractivity contribution is 7.90. The Labute approximate surface area is 200 Å². The second kappa shape index (κ2) is 7.91. The van der Waals surface area contributed by atoms with Crippen LogP contribution >= 0.6 is 0 Å². The average Bonchev–Trinajstić information content (AvgIpc) is 3.45. The lowest BCUT2D eigenvalue weighted by molar-refractivity contribution is 0.0825. The Kier molecular flexibility index (Phi) is 5.09. The number of aryl methyl sites for hydroxylation is 2. The van der Waals surface area contributed by atoms with Crippen LogP contribution in [0.2, 0.25) is 0 Å². The number of benzene rings is 1. The molecule has 0 aliphatic rings. The van der Waals surface area contributed by atoms with Crippen LogP contribution < -0.4 is 5.56 Å². The lowest BCUT2D eigenvalue weighted by Gasteiger charge is -2.13. The Morgan fingerprint density at radius 1 is 1.00 bits per heavy atom. The zero-order valence-electron chi connectivity index (χ0n) is 19.5. The second-order valence-electron chi connectivity index (χ2n) is 8.43. The fraction of sp³-hybridized carbons (Fsp3) is 0.167. The van der Waals surface area contributed by atoms with Crippen molar-refractivity contribution in [2.75, 3.05) is 14.1 Å². The third kappa shape index (κ3) is 3.43. The van der Waals surface area contributed by atoms with Crippen LogP contribution in [0.5, 0.6) is 0 Å². The monoisotopic (exact) mass is 490 g/mol. The summed E-state index contributed by atoms with van der Waals surface area (Å²) in [5.74, 6) is -0.443. The Bertz CT molecular complexity index is 1800. The highest BCUT2D eigenvalue weighted by Crippen LogP contribution is 2.34. The minimum Gasteiger partial charge on any atom is -0.345 e. The van der Waals surface area contributed by atoms with Gasteiger partial charge in [-0.15, -0.1) is 0 Å². The van der Waals surface area contributed by atoms with Gasteiger partial charge in [-0.3, -0.25) is 14.3 Å². The predicted molar refractivity (Wildman–Crippen MR) is 132 cm³/mol. The molecular formula is C24H22N6O4S. The van der Waals surface area contributed by atoms with Crippen molar-refractivity contribution in [3.63, 3.8) is 0 Å². The molecule has 4 aromatic heterocycles. The van der Waals surface area contributed by atoms with Gasteiger partial charge < -0.3 is 9.47 Å². The predicted octanol–water partition coefficient (Wildman–Crippen LogP) is 2.23. The van der Waals surface area contributed by atoms with Gasteiger partial charge in [0, 0.05) is 50.7 Å². The quantitative estimate of drug-likeness (QED) is 0.382. The van der Waals surface area contributed by atoms with Crippen molar-refractivity contribution < 1.29 is 13.2 Å². The van der Waals surface area contributed by atoms with E-state index in [1.165, 1.54) is 37.8 Å². The number of carbonyl (C=O) groups excluding carboxylic acids is 1. The molecule has 1 amide bonds. The van der Waals surface area contributed by atoms with E-state index < -0.39 is 21.5 Å². The van der Waals surface area contributed by atoms with Crippen molar-refractivity contribution in [2.24, 2.45) is 14.1 Å². The molecule has 1 aromatic carbocycles. The highest BCUT2D eigenvalue weighted by atomic mass is 32.2. The van der Waals surface area contributed by atoms with E-state index in [0.717, 1.165) is 0 Å². The van der Waals surface area contributed by atoms with Crippen LogP contribution in [-0.2, 0) is 24.1 Å². The Hall–Kier alpha value is -4.25. The number of pyridine rings is 2. The first-order valence-corrected chi connectivity index (χ1v) is 12.1. The molecule has 10 nitrogen and oxygen atoms in total. The molecule has 4 heterocycles. The molecule has 0 saturated carbocycles. The minimum atomic E-state index is -4.05. The second-order valence-corrected chi connectivity index (χ2v) is 10.2. The SMILES string of the molecule is CN(C)C(=O)c1cc2c3cc(-c4cnn(C)c4)n(S(=O)(=O)c4ccccc4)c3ncc2n(C)c1=O. The highest BCUT2D eigenvalue weighted by Gasteiger charge is 2.27. The number of aromatic nitrogens is 5. The van der Waals surface area contributed by atoms with E-state index in [2.05, 4.69) is 10.1 Å². The fourth-order valence-corrected chi connectivity index (χ4v) is 5.64. The molecule has 0 aliphatic heterocycles. The number of rotatable bonds is 4. The smallest absolute Gasteiger partial charge is 0.269 e. The van der Waals surface area contributed by atoms with Gasteiger partial charge in [0.2, 0.25) is 0 Å². The summed E-state index contributed by atoms with van der Waals surface area (Å²) >= 11 is 0. The number of nitrogens with zero attached hydrogens (tertiary/aromatic N) is 6. The first kappa shape index (κ1) is 22.5. The maximum absolute atomic E-state index is 13.8. The average molecular weight is 491 g/mol. The van der Waals surface area contributed by atoms with Gasteiger partial charge in [-0.25, -0.2) is 17.4 Å². The molecule has 0 N–H and O–H groups in total. The molecule has 35 heavy (non-hydrogen) atoms. The van der Waals surface area contributed by atoms with Crippen LogP contribution in [-0.4, -0.2) is 56.6 Å². The van der Waals surface area contributed by atoms with Crippen LogP contribution in [0.3, 0.4) is 0 Å². The largest absolute Gasteiger partial charge is 0.345 e. The van der Waals surface area contributed by atoms with Crippen LogP contribution in [0.15, 0.2) is 70.7 Å². The topological polar surface area (TPSA) is 112 Å². The van der Waals surface area contributed by atoms with Gasteiger partial charge in [0.1, 0.15) is 5.56 Å². The summed E-state index contributed by atoms with van der Waals surface area (Å²) in [5, 5.41) is 5.22. The normalized spacial score (nSPS) is 11.9. The van der Waals surface area contributed by atoms with Gasteiger partial charge in [0.05, 0.1) is 28.5 Å². The summed E-state index contributed by atoms with van der Waals surface area (Å²) in [6.07, 6.45) is 4.74. The molecule has 178 valence electrons. The maximum Gasteiger partial charge on any atom is 0.269 e. The van der Waals surface area contributed by atoms with Gasteiger partial charge in [0.25, 0.3) is 21.5 Å². The van der Waals surface area contributed by atoms with Crippen LogP contribution in [0.4, 0.5) is 0 Å². The molecule has 0 unspecified atom stereocenters. The zero-order chi connectivity index (χ0) is 25.1. The molecule has 0 radical (unpaired) electrons. The summed E-state index contributed by atoms with van der Waals surface area (Å²) in [7, 11) is 2.39. The molecule has 0 fully saturated rings. The molecule has 0 atom stereocenters. The van der Waals surface area contributed by atoms with E-state index in [-0.39, 0.29) is 16.1 Å². The van der Waals surface area contributed by atoms with E-state index in [1.807, 2.05) is 0 Å². The number of fused-ring (bicyclic) bond motifs is 3. The van der Waals surface area contributed by atoms with E-state index in [0.29, 0.717) is 27.5 Å². The van der Waals surface area contributed by atoms with Crippen LogP contribution in [0, 0.1) is 0 Å². The van der Waals surface area contributed by atoms with E-state index in [9.17, 15) is 18.0 Å². The number of hydrogen-bond acceptors (Lipinski definition) is 6. The molecule has 5 aromatic rings. The third-order valence-electron chi connectivity index (χ3n) is 5.91. The summed E-state index contributed by atoms with van der Waals surface area (Å²) in [6, 6.07) is 11.3. The Morgan fingerprint density at radius 3 is 2.34 bits per heavy atom. The van der Waals surface area contributed by atoms with Crippen LogP contribution in [0.1, 0.15) is 10.4 Å². The molecule has 0 bridgehead atoms. The fourth-order valence-electron chi connectivity index (χ4n) is 4.14. The Balaban J connectivity index is 1.93. The lowest BCUT2D eigenvalue weighted by atomic mass is 10.1. The minimum absolute atomic E-state index is 0.0147. The molecule has 0 saturated heterocycles. The van der Waals surface area contributed by atoms with Gasteiger partial charge in [-0.2, -0.15) is 5.10 Å². The van der Waals surface area contributed by atoms with Crippen molar-refractivity contribution in [3.8, 4) is 11.3 Å². The molecular weight excluding hydrogens is 468 g/mol. The zero-order valence-corrected chi connectivity index (χ0v) is 20.3. The van der Waals surface area contributed by atoms with Gasteiger partial charge >= 0.3 is 0 Å². The molecule has 11 heteroatoms. The standard InChI is InChI=1S/C24H22N6O4S/c1-27(2)23(31)19-10-17-18-11-20(15-12-26-28(3)14-15)30(35(33,34)16-8-6-5-7-9-16)22(18)25-13-21(17)29(4)24(19)32/h5-14H,1-4H3. The molecule has 0 aliphatic carbocycles. The number of carbonyl (C=O) groups is 1. The van der Waals surface area contributed by atoms with Gasteiger partial charge in [0.15, 0.2) is 5.65 Å². The van der Waals surface area contributed by atoms with Crippen molar-refractivity contribution in [2.45, 2.75) is 4.90 Å². The third-order valence-corrected chi connectivity index (χ3v) is 7.63. The number of amides is 1. The van der Waals surface area contributed by atoms with Crippen molar-refractivity contribution >= 4 is 37.9 Å². The number of hydrogen-bond donors (Lipinski definition) is 0. The van der Waals surface area contributed by atoms with Crippen molar-refractivity contribution in [3.05, 3.63) is 77.0 Å². The summed E-state index contributed by atoms with van der Waals surface area (Å²) in [4.78, 5) is 31.5. The first-order valence-electron chi connectivity index (χ1n) is 10.7. The van der Waals surface area contributed by atoms with Crippen molar-refractivity contribution in [1.82, 2.24) is 28.2 Å².